The lowest BCUT2D eigenvalue weighted by Gasteiger charge is -2.41. The Morgan fingerprint density at radius 1 is 1.12 bits per heavy atom. The standard InChI is InChI=1S/C24H30N4O6/c29-12-14-33-13-9-25-23(30)17-5-6-22(20(15-17)26-32)27-10-7-19(8-11-27)28-21-4-2-1-3-18(21)16-34-24(28)31/h1-6,15,19,26,29,32H,7-14,16H2,(H,25,30). The number of carbonyl (C=O) groups excluding carboxylic acids is 2. The van der Waals surface area contributed by atoms with Crippen molar-refractivity contribution < 1.29 is 29.4 Å². The minimum Gasteiger partial charge on any atom is -0.444 e. The number of ether oxygens (including phenoxy) is 2. The maximum atomic E-state index is 12.5. The molecule has 2 aliphatic rings. The first kappa shape index (κ1) is 23.8. The molecule has 0 saturated carbocycles. The van der Waals surface area contributed by atoms with Crippen LogP contribution in [-0.2, 0) is 16.1 Å². The second-order valence-electron chi connectivity index (χ2n) is 8.21. The number of hydrogen-bond acceptors (Lipinski definition) is 8. The summed E-state index contributed by atoms with van der Waals surface area (Å²) >= 11 is 0. The topological polar surface area (TPSA) is 124 Å². The van der Waals surface area contributed by atoms with Gasteiger partial charge in [-0.15, -0.1) is 0 Å². The number of cyclic esters (lactones) is 1. The molecule has 2 aromatic carbocycles. The van der Waals surface area contributed by atoms with Crippen molar-refractivity contribution in [2.24, 2.45) is 0 Å². The summed E-state index contributed by atoms with van der Waals surface area (Å²) in [6.07, 6.45) is 1.17. The van der Waals surface area contributed by atoms with Gasteiger partial charge in [0.05, 0.1) is 36.9 Å². The van der Waals surface area contributed by atoms with Crippen molar-refractivity contribution in [2.45, 2.75) is 25.5 Å². The second kappa shape index (κ2) is 11.2. The minimum atomic E-state index is -0.313. The predicted molar refractivity (Wildman–Crippen MR) is 126 cm³/mol. The molecule has 0 atom stereocenters. The van der Waals surface area contributed by atoms with Crippen molar-refractivity contribution >= 4 is 29.1 Å². The average molecular weight is 471 g/mol. The molecule has 182 valence electrons. The van der Waals surface area contributed by atoms with E-state index in [-0.39, 0.29) is 31.3 Å². The van der Waals surface area contributed by atoms with Crippen molar-refractivity contribution in [1.29, 1.82) is 0 Å². The maximum Gasteiger partial charge on any atom is 0.414 e. The van der Waals surface area contributed by atoms with E-state index in [1.54, 1.807) is 23.1 Å². The summed E-state index contributed by atoms with van der Waals surface area (Å²) in [5, 5.41) is 21.2. The van der Waals surface area contributed by atoms with Gasteiger partial charge in [-0.1, -0.05) is 18.2 Å². The maximum absolute atomic E-state index is 12.5. The lowest BCUT2D eigenvalue weighted by molar-refractivity contribution is 0.0838. The number of nitrogens with zero attached hydrogens (tertiary/aromatic N) is 2. The summed E-state index contributed by atoms with van der Waals surface area (Å²) in [5.41, 5.74) is 5.75. The molecule has 0 aromatic heterocycles. The first-order chi connectivity index (χ1) is 16.6. The molecule has 4 N–H and O–H groups in total. The molecule has 2 aromatic rings. The number of hydrogen-bond donors (Lipinski definition) is 4. The van der Waals surface area contributed by atoms with Crippen molar-refractivity contribution in [1.82, 2.24) is 5.32 Å². The molecule has 2 heterocycles. The average Bonchev–Trinajstić information content (AvgIpc) is 2.88. The Morgan fingerprint density at radius 2 is 1.91 bits per heavy atom. The molecule has 4 rings (SSSR count). The fourth-order valence-electron chi connectivity index (χ4n) is 4.43. The highest BCUT2D eigenvalue weighted by atomic mass is 16.6. The van der Waals surface area contributed by atoms with Crippen LogP contribution in [0.3, 0.4) is 0 Å². The van der Waals surface area contributed by atoms with Crippen LogP contribution in [0.1, 0.15) is 28.8 Å². The van der Waals surface area contributed by atoms with Crippen LogP contribution in [0.4, 0.5) is 21.9 Å². The van der Waals surface area contributed by atoms with Gasteiger partial charge in [0, 0.05) is 36.8 Å². The SMILES string of the molecule is O=C(NCCOCCO)c1ccc(N2CCC(N3C(=O)OCc4ccccc43)CC2)c(NO)c1. The van der Waals surface area contributed by atoms with Crippen LogP contribution in [0.15, 0.2) is 42.5 Å². The molecule has 2 amide bonds. The summed E-state index contributed by atoms with van der Waals surface area (Å²) in [6, 6.07) is 12.9. The van der Waals surface area contributed by atoms with Crippen molar-refractivity contribution in [3.05, 3.63) is 53.6 Å². The number of aliphatic hydroxyl groups is 1. The number of piperidine rings is 1. The molecule has 0 radical (unpaired) electrons. The Labute approximate surface area is 198 Å². The van der Waals surface area contributed by atoms with E-state index in [1.165, 1.54) is 0 Å². The molecule has 1 fully saturated rings. The molecule has 1 saturated heterocycles. The van der Waals surface area contributed by atoms with Crippen LogP contribution in [-0.4, -0.2) is 67.8 Å². The van der Waals surface area contributed by atoms with Gasteiger partial charge in [0.1, 0.15) is 6.61 Å². The van der Waals surface area contributed by atoms with Gasteiger partial charge in [-0.25, -0.2) is 4.79 Å². The zero-order valence-corrected chi connectivity index (χ0v) is 18.9. The number of nitrogens with one attached hydrogen (secondary N) is 2. The molecule has 10 nitrogen and oxygen atoms in total. The van der Waals surface area contributed by atoms with E-state index in [1.807, 2.05) is 24.3 Å². The second-order valence-corrected chi connectivity index (χ2v) is 8.21. The predicted octanol–water partition coefficient (Wildman–Crippen LogP) is 2.35. The molecule has 0 bridgehead atoms. The normalized spacial score (nSPS) is 16.1. The monoisotopic (exact) mass is 470 g/mol. The number of anilines is 3. The molecule has 2 aliphatic heterocycles. The van der Waals surface area contributed by atoms with Crippen LogP contribution in [0.25, 0.3) is 0 Å². The van der Waals surface area contributed by atoms with Gasteiger partial charge in [0.25, 0.3) is 5.91 Å². The first-order valence-corrected chi connectivity index (χ1v) is 11.4. The third kappa shape index (κ3) is 5.24. The Morgan fingerprint density at radius 3 is 2.68 bits per heavy atom. The summed E-state index contributed by atoms with van der Waals surface area (Å²) in [7, 11) is 0. The van der Waals surface area contributed by atoms with Crippen LogP contribution in [0, 0.1) is 0 Å². The Hall–Kier alpha value is -3.34. The van der Waals surface area contributed by atoms with Crippen LogP contribution in [0.2, 0.25) is 0 Å². The molecule has 0 spiro atoms. The number of aliphatic hydroxyl groups excluding tert-OH is 1. The molecular weight excluding hydrogens is 440 g/mol. The number of amides is 2. The largest absolute Gasteiger partial charge is 0.444 e. The molecule has 0 aliphatic carbocycles. The Bertz CT molecular complexity index is 1010. The molecule has 34 heavy (non-hydrogen) atoms. The minimum absolute atomic E-state index is 0.0221. The third-order valence-corrected chi connectivity index (χ3v) is 6.12. The number of fused-ring (bicyclic) bond motifs is 1. The molecular formula is C24H30N4O6. The van der Waals surface area contributed by atoms with E-state index in [4.69, 9.17) is 14.6 Å². The van der Waals surface area contributed by atoms with Gasteiger partial charge in [-0.05, 0) is 37.1 Å². The Balaban J connectivity index is 1.39. The first-order valence-electron chi connectivity index (χ1n) is 11.4. The van der Waals surface area contributed by atoms with E-state index in [0.717, 1.165) is 29.8 Å². The lowest BCUT2D eigenvalue weighted by Crippen LogP contribution is -2.49. The highest BCUT2D eigenvalue weighted by molar-refractivity contribution is 5.96. The van der Waals surface area contributed by atoms with E-state index in [2.05, 4.69) is 15.7 Å². The zero-order valence-electron chi connectivity index (χ0n) is 18.9. The Kier molecular flexibility index (Phi) is 7.84. The molecule has 0 unspecified atom stereocenters. The van der Waals surface area contributed by atoms with Crippen LogP contribution < -0.4 is 20.6 Å². The molecule has 10 heteroatoms. The zero-order chi connectivity index (χ0) is 23.9. The highest BCUT2D eigenvalue weighted by Gasteiger charge is 2.34. The summed E-state index contributed by atoms with van der Waals surface area (Å²) < 4.78 is 10.5. The number of rotatable bonds is 9. The smallest absolute Gasteiger partial charge is 0.414 e. The quantitative estimate of drug-likeness (QED) is 0.325. The van der Waals surface area contributed by atoms with Gasteiger partial charge in [-0.2, -0.15) is 0 Å². The highest BCUT2D eigenvalue weighted by Crippen LogP contribution is 2.34. The van der Waals surface area contributed by atoms with E-state index >= 15 is 0 Å². The number of benzene rings is 2. The van der Waals surface area contributed by atoms with E-state index in [0.29, 0.717) is 44.1 Å². The van der Waals surface area contributed by atoms with E-state index < -0.39 is 0 Å². The summed E-state index contributed by atoms with van der Waals surface area (Å²) in [5.74, 6) is -0.281. The number of para-hydroxylation sites is 1. The van der Waals surface area contributed by atoms with Crippen molar-refractivity contribution in [3.63, 3.8) is 0 Å². The fraction of sp³-hybridized carbons (Fsp3) is 0.417. The van der Waals surface area contributed by atoms with Gasteiger partial charge < -0.3 is 24.8 Å². The summed E-state index contributed by atoms with van der Waals surface area (Å²) in [6.45, 7) is 2.44. The van der Waals surface area contributed by atoms with E-state index in [9.17, 15) is 14.8 Å². The fourth-order valence-corrected chi connectivity index (χ4v) is 4.43. The van der Waals surface area contributed by atoms with Gasteiger partial charge in [0.15, 0.2) is 0 Å². The summed E-state index contributed by atoms with van der Waals surface area (Å²) in [4.78, 5) is 28.8. The van der Waals surface area contributed by atoms with Crippen LogP contribution >= 0.6 is 0 Å². The third-order valence-electron chi connectivity index (χ3n) is 6.12. The van der Waals surface area contributed by atoms with Gasteiger partial charge in [-0.3, -0.25) is 20.4 Å². The number of carbonyl (C=O) groups is 2. The van der Waals surface area contributed by atoms with Crippen molar-refractivity contribution in [3.8, 4) is 0 Å². The lowest BCUT2D eigenvalue weighted by atomic mass is 9.99. The van der Waals surface area contributed by atoms with Gasteiger partial charge >= 0.3 is 6.09 Å². The van der Waals surface area contributed by atoms with Gasteiger partial charge in [0.2, 0.25) is 0 Å². The van der Waals surface area contributed by atoms with Crippen molar-refractivity contribution in [2.75, 3.05) is 54.7 Å². The van der Waals surface area contributed by atoms with Crippen LogP contribution in [0.5, 0.6) is 0 Å².